The van der Waals surface area contributed by atoms with E-state index < -0.39 is 0 Å². The molecule has 0 spiro atoms. The fourth-order valence-corrected chi connectivity index (χ4v) is 1.72. The molecule has 0 nitrogen and oxygen atoms in total. The molecular weight excluding hydrogens is 132 g/mol. The number of hydrogen-bond acceptors (Lipinski definition) is 0. The van der Waals surface area contributed by atoms with Crippen LogP contribution in [-0.2, 0) is 0 Å². The third kappa shape index (κ3) is 2.08. The molecule has 0 aliphatic heterocycles. The third-order valence-electron chi connectivity index (χ3n) is 2.81. The average Bonchev–Trinajstić information content (AvgIpc) is 2.32. The molecule has 0 aromatic carbocycles. The van der Waals surface area contributed by atoms with Gasteiger partial charge in [0.15, 0.2) is 0 Å². The van der Waals surface area contributed by atoms with E-state index in [-0.39, 0.29) is 0 Å². The molecule has 0 bridgehead atoms. The second kappa shape index (κ2) is 3.00. The molecule has 2 unspecified atom stereocenters. The van der Waals surface area contributed by atoms with Gasteiger partial charge in [0.05, 0.1) is 0 Å². The Morgan fingerprint density at radius 3 is 2.18 bits per heavy atom. The zero-order valence-corrected chi connectivity index (χ0v) is 8.22. The minimum atomic E-state index is 0.473. The Kier molecular flexibility index (Phi) is 2.41. The minimum Gasteiger partial charge on any atom is -0.0851 e. The molecule has 1 aliphatic rings. The smallest absolute Gasteiger partial charge is 0.0179 e. The lowest BCUT2D eigenvalue weighted by Gasteiger charge is -2.26. The van der Waals surface area contributed by atoms with Gasteiger partial charge in [-0.1, -0.05) is 39.8 Å². The Hall–Kier alpha value is -0.260. The van der Waals surface area contributed by atoms with Gasteiger partial charge in [0.2, 0.25) is 0 Å². The van der Waals surface area contributed by atoms with Gasteiger partial charge >= 0.3 is 0 Å². The van der Waals surface area contributed by atoms with Crippen molar-refractivity contribution in [1.82, 2.24) is 0 Å². The van der Waals surface area contributed by atoms with Crippen LogP contribution in [0, 0.1) is 17.3 Å². The van der Waals surface area contributed by atoms with E-state index in [1.165, 1.54) is 12.8 Å². The summed E-state index contributed by atoms with van der Waals surface area (Å²) in [6.45, 7) is 9.28. The van der Waals surface area contributed by atoms with Crippen molar-refractivity contribution in [2.75, 3.05) is 0 Å². The van der Waals surface area contributed by atoms with Gasteiger partial charge in [-0.25, -0.2) is 0 Å². The van der Waals surface area contributed by atoms with E-state index in [1.807, 2.05) is 0 Å². The molecule has 0 N–H and O–H groups in total. The second-order valence-corrected chi connectivity index (χ2v) is 4.76. The van der Waals surface area contributed by atoms with Gasteiger partial charge in [-0.2, -0.15) is 0 Å². The van der Waals surface area contributed by atoms with Crippen molar-refractivity contribution < 1.29 is 0 Å². The van der Waals surface area contributed by atoms with Crippen molar-refractivity contribution in [3.8, 4) is 0 Å². The van der Waals surface area contributed by atoms with E-state index in [2.05, 4.69) is 39.8 Å². The Morgan fingerprint density at radius 2 is 1.91 bits per heavy atom. The van der Waals surface area contributed by atoms with Crippen LogP contribution >= 0.6 is 0 Å². The summed E-state index contributed by atoms with van der Waals surface area (Å²) in [4.78, 5) is 0. The van der Waals surface area contributed by atoms with Crippen LogP contribution in [0.4, 0.5) is 0 Å². The van der Waals surface area contributed by atoms with Crippen molar-refractivity contribution in [1.29, 1.82) is 0 Å². The molecule has 1 aliphatic carbocycles. The maximum absolute atomic E-state index is 2.41. The number of rotatable bonds is 1. The summed E-state index contributed by atoms with van der Waals surface area (Å²) < 4.78 is 0. The summed E-state index contributed by atoms with van der Waals surface area (Å²) in [5.41, 5.74) is 0.473. The van der Waals surface area contributed by atoms with Crippen molar-refractivity contribution in [2.24, 2.45) is 17.3 Å². The molecule has 0 radical (unpaired) electrons. The monoisotopic (exact) mass is 152 g/mol. The Morgan fingerprint density at radius 1 is 1.27 bits per heavy atom. The Balaban J connectivity index is 2.50. The van der Waals surface area contributed by atoms with Crippen LogP contribution in [0.15, 0.2) is 12.2 Å². The quantitative estimate of drug-likeness (QED) is 0.503. The largest absolute Gasteiger partial charge is 0.0851 e. The second-order valence-electron chi connectivity index (χ2n) is 4.76. The molecule has 0 heterocycles. The Labute approximate surface area is 70.7 Å². The summed E-state index contributed by atoms with van der Waals surface area (Å²) in [5, 5.41) is 0. The highest BCUT2D eigenvalue weighted by Crippen LogP contribution is 2.37. The van der Waals surface area contributed by atoms with E-state index in [4.69, 9.17) is 0 Å². The molecule has 0 saturated heterocycles. The molecule has 0 amide bonds. The zero-order chi connectivity index (χ0) is 8.48. The van der Waals surface area contributed by atoms with Crippen LogP contribution in [0.5, 0.6) is 0 Å². The Bertz CT molecular complexity index is 148. The van der Waals surface area contributed by atoms with Crippen molar-refractivity contribution in [2.45, 2.75) is 40.5 Å². The molecule has 2 atom stereocenters. The van der Waals surface area contributed by atoms with E-state index in [9.17, 15) is 0 Å². The molecule has 11 heavy (non-hydrogen) atoms. The fraction of sp³-hybridized carbons (Fsp3) is 0.818. The van der Waals surface area contributed by atoms with Gasteiger partial charge in [-0.05, 0) is 30.1 Å². The normalized spacial score (nSPS) is 31.3. The first-order valence-corrected chi connectivity index (χ1v) is 4.72. The van der Waals surface area contributed by atoms with Gasteiger partial charge in [-0.3, -0.25) is 0 Å². The van der Waals surface area contributed by atoms with E-state index in [0.29, 0.717) is 5.41 Å². The van der Waals surface area contributed by atoms with Gasteiger partial charge in [0.25, 0.3) is 0 Å². The number of allylic oxidation sites excluding steroid dienone is 2. The summed E-state index contributed by atoms with van der Waals surface area (Å²) in [5.74, 6) is 1.67. The minimum absolute atomic E-state index is 0.473. The average molecular weight is 152 g/mol. The van der Waals surface area contributed by atoms with Crippen LogP contribution in [0.25, 0.3) is 0 Å². The first kappa shape index (κ1) is 8.83. The highest BCUT2D eigenvalue weighted by molar-refractivity contribution is 5.04. The molecule has 0 heteroatoms. The predicted molar refractivity (Wildman–Crippen MR) is 50.5 cm³/mol. The lowest BCUT2D eigenvalue weighted by molar-refractivity contribution is 0.271. The lowest BCUT2D eigenvalue weighted by Crippen LogP contribution is -2.17. The van der Waals surface area contributed by atoms with Crippen molar-refractivity contribution in [3.63, 3.8) is 0 Å². The fourth-order valence-electron chi connectivity index (χ4n) is 1.72. The number of hydrogen-bond donors (Lipinski definition) is 0. The third-order valence-corrected chi connectivity index (χ3v) is 2.81. The van der Waals surface area contributed by atoms with E-state index in [0.717, 1.165) is 11.8 Å². The van der Waals surface area contributed by atoms with Gasteiger partial charge < -0.3 is 0 Å². The summed E-state index contributed by atoms with van der Waals surface area (Å²) >= 11 is 0. The van der Waals surface area contributed by atoms with E-state index >= 15 is 0 Å². The highest BCUT2D eigenvalue weighted by Gasteiger charge is 2.27. The maximum atomic E-state index is 2.41. The van der Waals surface area contributed by atoms with Crippen molar-refractivity contribution in [3.05, 3.63) is 12.2 Å². The summed E-state index contributed by atoms with van der Waals surface area (Å²) in [6.07, 6.45) is 7.49. The summed E-state index contributed by atoms with van der Waals surface area (Å²) in [7, 11) is 0. The molecule has 0 fully saturated rings. The molecular formula is C11H20. The highest BCUT2D eigenvalue weighted by atomic mass is 14.3. The van der Waals surface area contributed by atoms with Crippen molar-refractivity contribution >= 4 is 0 Å². The van der Waals surface area contributed by atoms with Gasteiger partial charge in [-0.15, -0.1) is 0 Å². The molecule has 64 valence electrons. The van der Waals surface area contributed by atoms with Crippen LogP contribution in [0.1, 0.15) is 40.5 Å². The topological polar surface area (TPSA) is 0 Å². The SMILES string of the molecule is CCC1C=CC(C(C)(C)C)C1. The van der Waals surface area contributed by atoms with Crippen LogP contribution < -0.4 is 0 Å². The van der Waals surface area contributed by atoms with Crippen LogP contribution in [-0.4, -0.2) is 0 Å². The first-order valence-electron chi connectivity index (χ1n) is 4.72. The molecule has 0 aromatic heterocycles. The maximum Gasteiger partial charge on any atom is -0.0179 e. The van der Waals surface area contributed by atoms with Gasteiger partial charge in [0.1, 0.15) is 0 Å². The zero-order valence-electron chi connectivity index (χ0n) is 8.22. The van der Waals surface area contributed by atoms with Crippen LogP contribution in [0.3, 0.4) is 0 Å². The lowest BCUT2D eigenvalue weighted by atomic mass is 9.79. The standard InChI is InChI=1S/C11H20/c1-5-9-6-7-10(8-9)11(2,3)4/h6-7,9-10H,5,8H2,1-4H3. The van der Waals surface area contributed by atoms with Crippen LogP contribution in [0.2, 0.25) is 0 Å². The van der Waals surface area contributed by atoms with E-state index in [1.54, 1.807) is 0 Å². The van der Waals surface area contributed by atoms with Gasteiger partial charge in [0, 0.05) is 0 Å². The summed E-state index contributed by atoms with van der Waals surface area (Å²) in [6, 6.07) is 0. The first-order chi connectivity index (χ1) is 5.04. The molecule has 0 saturated carbocycles. The molecule has 1 rings (SSSR count). The predicted octanol–water partition coefficient (Wildman–Crippen LogP) is 3.63. The molecule has 0 aromatic rings.